The lowest BCUT2D eigenvalue weighted by Crippen LogP contribution is -2.15. The number of hydrogen-bond donors (Lipinski definition) is 1. The van der Waals surface area contributed by atoms with Crippen molar-refractivity contribution in [2.45, 2.75) is 0 Å². The molecule has 1 rings (SSSR count). The number of oxime groups is 1. The van der Waals surface area contributed by atoms with Gasteiger partial charge >= 0.3 is 5.97 Å². The standard InChI is InChI=1S/C12H15ClN2O5/c1-17-8-4-7(5-9(18-2)11(8)19-3)12(16)20-15-10(14)6-13/h4-5H,6H2,1-3H3,(H2,14,15). The molecule has 0 saturated carbocycles. The van der Waals surface area contributed by atoms with E-state index in [2.05, 4.69) is 9.99 Å². The van der Waals surface area contributed by atoms with Crippen LogP contribution in [0.2, 0.25) is 0 Å². The Kier molecular flexibility index (Phi) is 5.92. The van der Waals surface area contributed by atoms with Crippen molar-refractivity contribution in [3.63, 3.8) is 0 Å². The number of amidine groups is 1. The highest BCUT2D eigenvalue weighted by Crippen LogP contribution is 2.38. The van der Waals surface area contributed by atoms with Gasteiger partial charge in [-0.05, 0) is 12.1 Å². The summed E-state index contributed by atoms with van der Waals surface area (Å²) in [6.07, 6.45) is 0. The van der Waals surface area contributed by atoms with Crippen LogP contribution in [0.5, 0.6) is 17.2 Å². The number of methoxy groups -OCH3 is 3. The average molecular weight is 303 g/mol. The third-order valence-corrected chi connectivity index (χ3v) is 2.56. The van der Waals surface area contributed by atoms with E-state index >= 15 is 0 Å². The fraction of sp³-hybridized carbons (Fsp3) is 0.333. The first kappa shape index (κ1) is 15.9. The third kappa shape index (κ3) is 3.67. The highest BCUT2D eigenvalue weighted by molar-refractivity contribution is 6.27. The summed E-state index contributed by atoms with van der Waals surface area (Å²) in [6, 6.07) is 2.88. The molecule has 2 N–H and O–H groups in total. The van der Waals surface area contributed by atoms with Gasteiger partial charge in [0.25, 0.3) is 0 Å². The van der Waals surface area contributed by atoms with Crippen LogP contribution >= 0.6 is 11.6 Å². The summed E-state index contributed by atoms with van der Waals surface area (Å²) in [7, 11) is 4.34. The minimum Gasteiger partial charge on any atom is -0.493 e. The van der Waals surface area contributed by atoms with Crippen LogP contribution in [0.4, 0.5) is 0 Å². The predicted molar refractivity (Wildman–Crippen MR) is 73.9 cm³/mol. The molecule has 7 nitrogen and oxygen atoms in total. The Labute approximate surface area is 121 Å². The molecular weight excluding hydrogens is 288 g/mol. The van der Waals surface area contributed by atoms with Crippen LogP contribution < -0.4 is 19.9 Å². The van der Waals surface area contributed by atoms with Gasteiger partial charge in [-0.1, -0.05) is 5.16 Å². The summed E-state index contributed by atoms with van der Waals surface area (Å²) >= 11 is 5.41. The molecule has 0 unspecified atom stereocenters. The number of rotatable bonds is 6. The van der Waals surface area contributed by atoms with Crippen LogP contribution in [0.3, 0.4) is 0 Å². The molecule has 0 saturated heterocycles. The summed E-state index contributed by atoms with van der Waals surface area (Å²) in [5, 5.41) is 3.37. The molecule has 0 bridgehead atoms. The van der Waals surface area contributed by atoms with Gasteiger partial charge in [0.1, 0.15) is 0 Å². The molecule has 0 aromatic heterocycles. The largest absolute Gasteiger partial charge is 0.493 e. The molecule has 1 aromatic rings. The van der Waals surface area contributed by atoms with Crippen LogP contribution in [0, 0.1) is 0 Å². The number of nitrogens with two attached hydrogens (primary N) is 1. The zero-order chi connectivity index (χ0) is 15.1. The van der Waals surface area contributed by atoms with Gasteiger partial charge in [-0.25, -0.2) is 4.79 Å². The monoisotopic (exact) mass is 302 g/mol. The normalized spacial score (nSPS) is 10.9. The van der Waals surface area contributed by atoms with E-state index in [0.29, 0.717) is 17.2 Å². The first-order chi connectivity index (χ1) is 9.57. The lowest BCUT2D eigenvalue weighted by Gasteiger charge is -2.13. The molecule has 0 heterocycles. The van der Waals surface area contributed by atoms with Crippen molar-refractivity contribution in [2.75, 3.05) is 27.2 Å². The molecule has 0 amide bonds. The Bertz CT molecular complexity index is 494. The van der Waals surface area contributed by atoms with Crippen molar-refractivity contribution >= 4 is 23.4 Å². The lowest BCUT2D eigenvalue weighted by atomic mass is 10.2. The number of nitrogens with zero attached hydrogens (tertiary/aromatic N) is 1. The van der Waals surface area contributed by atoms with Gasteiger partial charge in [0.15, 0.2) is 17.3 Å². The Balaban J connectivity index is 3.10. The second-order valence-electron chi connectivity index (χ2n) is 3.51. The number of ether oxygens (including phenoxy) is 3. The summed E-state index contributed by atoms with van der Waals surface area (Å²) < 4.78 is 15.4. The van der Waals surface area contributed by atoms with Gasteiger partial charge in [0.2, 0.25) is 5.75 Å². The molecule has 0 spiro atoms. The molecule has 0 aliphatic heterocycles. The van der Waals surface area contributed by atoms with Gasteiger partial charge < -0.3 is 24.8 Å². The van der Waals surface area contributed by atoms with Crippen LogP contribution in [-0.2, 0) is 4.84 Å². The maximum Gasteiger partial charge on any atom is 0.366 e. The smallest absolute Gasteiger partial charge is 0.366 e. The number of benzene rings is 1. The van der Waals surface area contributed by atoms with Crippen molar-refractivity contribution < 1.29 is 23.8 Å². The molecule has 0 atom stereocenters. The van der Waals surface area contributed by atoms with Crippen LogP contribution in [0.1, 0.15) is 10.4 Å². The second-order valence-corrected chi connectivity index (χ2v) is 3.78. The number of hydrogen-bond acceptors (Lipinski definition) is 6. The Morgan fingerprint density at radius 2 is 1.75 bits per heavy atom. The van der Waals surface area contributed by atoms with Crippen molar-refractivity contribution in [1.29, 1.82) is 0 Å². The van der Waals surface area contributed by atoms with Crippen LogP contribution in [-0.4, -0.2) is 39.0 Å². The highest BCUT2D eigenvalue weighted by atomic mass is 35.5. The lowest BCUT2D eigenvalue weighted by molar-refractivity contribution is 0.0514. The number of alkyl halides is 1. The molecule has 110 valence electrons. The van der Waals surface area contributed by atoms with Crippen molar-refractivity contribution in [3.05, 3.63) is 17.7 Å². The van der Waals surface area contributed by atoms with Gasteiger partial charge in [0.05, 0.1) is 32.8 Å². The van der Waals surface area contributed by atoms with E-state index in [4.69, 9.17) is 31.5 Å². The van der Waals surface area contributed by atoms with Crippen molar-refractivity contribution in [1.82, 2.24) is 0 Å². The maximum absolute atomic E-state index is 11.8. The molecule has 8 heteroatoms. The van der Waals surface area contributed by atoms with Gasteiger partial charge in [-0.3, -0.25) is 0 Å². The Hall–Kier alpha value is -2.15. The fourth-order valence-corrected chi connectivity index (χ4v) is 1.42. The molecule has 1 aromatic carbocycles. The summed E-state index contributed by atoms with van der Waals surface area (Å²) in [4.78, 5) is 16.5. The predicted octanol–water partition coefficient (Wildman–Crippen LogP) is 1.38. The topological polar surface area (TPSA) is 92.4 Å². The van der Waals surface area contributed by atoms with Crippen molar-refractivity contribution in [2.24, 2.45) is 10.9 Å². The molecule has 0 aliphatic carbocycles. The minimum atomic E-state index is -0.725. The van der Waals surface area contributed by atoms with E-state index < -0.39 is 5.97 Å². The van der Waals surface area contributed by atoms with E-state index in [0.717, 1.165) is 0 Å². The maximum atomic E-state index is 11.8. The van der Waals surface area contributed by atoms with Gasteiger partial charge in [0, 0.05) is 0 Å². The number of halogens is 1. The molecule has 0 fully saturated rings. The Morgan fingerprint density at radius 3 is 2.15 bits per heavy atom. The van der Waals surface area contributed by atoms with Crippen LogP contribution in [0.15, 0.2) is 17.3 Å². The zero-order valence-corrected chi connectivity index (χ0v) is 12.1. The third-order valence-electron chi connectivity index (χ3n) is 2.28. The molecule has 0 aliphatic rings. The fourth-order valence-electron chi connectivity index (χ4n) is 1.38. The van der Waals surface area contributed by atoms with Crippen molar-refractivity contribution in [3.8, 4) is 17.2 Å². The molecule has 0 radical (unpaired) electrons. The van der Waals surface area contributed by atoms with Gasteiger partial charge in [-0.15, -0.1) is 11.6 Å². The van der Waals surface area contributed by atoms with E-state index in [9.17, 15) is 4.79 Å². The summed E-state index contributed by atoms with van der Waals surface area (Å²) in [6.45, 7) is 0. The first-order valence-corrected chi connectivity index (χ1v) is 6.00. The average Bonchev–Trinajstić information content (AvgIpc) is 2.50. The second kappa shape index (κ2) is 7.44. The van der Waals surface area contributed by atoms with Gasteiger partial charge in [-0.2, -0.15) is 0 Å². The van der Waals surface area contributed by atoms with E-state index in [-0.39, 0.29) is 17.3 Å². The van der Waals surface area contributed by atoms with E-state index in [1.165, 1.54) is 33.5 Å². The molecular formula is C12H15ClN2O5. The first-order valence-electron chi connectivity index (χ1n) is 5.47. The number of carbonyl (C=O) groups is 1. The SMILES string of the molecule is COc1cc(C(=O)ON=C(N)CCl)cc(OC)c1OC. The summed E-state index contributed by atoms with van der Waals surface area (Å²) in [5.41, 5.74) is 5.50. The summed E-state index contributed by atoms with van der Waals surface area (Å²) in [5.74, 6) is 0.254. The van der Waals surface area contributed by atoms with E-state index in [1.54, 1.807) is 0 Å². The minimum absolute atomic E-state index is 0.00698. The Morgan fingerprint density at radius 1 is 1.20 bits per heavy atom. The zero-order valence-electron chi connectivity index (χ0n) is 11.3. The van der Waals surface area contributed by atoms with E-state index in [1.807, 2.05) is 0 Å². The number of carbonyl (C=O) groups excluding carboxylic acids is 1. The quantitative estimate of drug-likeness (QED) is 0.280. The molecule has 20 heavy (non-hydrogen) atoms. The van der Waals surface area contributed by atoms with Crippen LogP contribution in [0.25, 0.3) is 0 Å². The highest BCUT2D eigenvalue weighted by Gasteiger charge is 2.18.